The van der Waals surface area contributed by atoms with Crippen molar-refractivity contribution >= 4 is 0 Å². The van der Waals surface area contributed by atoms with Gasteiger partial charge in [0.25, 0.3) is 0 Å². The first-order valence-electron chi connectivity index (χ1n) is 6.66. The first-order valence-corrected chi connectivity index (χ1v) is 6.66. The zero-order valence-electron chi connectivity index (χ0n) is 11.7. The van der Waals surface area contributed by atoms with Crippen molar-refractivity contribution in [2.24, 2.45) is 0 Å². The van der Waals surface area contributed by atoms with Crippen LogP contribution in [0.1, 0.15) is 30.7 Å². The van der Waals surface area contributed by atoms with E-state index < -0.39 is 6.10 Å². The quantitative estimate of drug-likeness (QED) is 0.879. The van der Waals surface area contributed by atoms with Crippen LogP contribution in [0.2, 0.25) is 0 Å². The predicted octanol–water partition coefficient (Wildman–Crippen LogP) is 2.96. The Morgan fingerprint density at radius 1 is 1.25 bits per heavy atom. The average molecular weight is 273 g/mol. The van der Waals surface area contributed by atoms with Gasteiger partial charge in [-0.1, -0.05) is 19.1 Å². The molecule has 0 spiro atoms. The van der Waals surface area contributed by atoms with Gasteiger partial charge in [0.1, 0.15) is 23.3 Å². The van der Waals surface area contributed by atoms with Crippen molar-refractivity contribution < 1.29 is 14.6 Å². The van der Waals surface area contributed by atoms with Gasteiger partial charge in [-0.25, -0.2) is 0 Å². The molecule has 0 amide bonds. The fourth-order valence-electron chi connectivity index (χ4n) is 1.93. The Balaban J connectivity index is 2.26. The minimum Gasteiger partial charge on any atom is -0.495 e. The molecule has 1 heterocycles. The van der Waals surface area contributed by atoms with Crippen LogP contribution in [0.4, 0.5) is 0 Å². The number of ether oxygens (including phenoxy) is 2. The number of aliphatic hydroxyl groups is 1. The molecular weight excluding hydrogens is 254 g/mol. The molecule has 0 saturated heterocycles. The van der Waals surface area contributed by atoms with Gasteiger partial charge < -0.3 is 14.6 Å². The lowest BCUT2D eigenvalue weighted by molar-refractivity contribution is 0.208. The Morgan fingerprint density at radius 3 is 2.85 bits per heavy atom. The van der Waals surface area contributed by atoms with Crippen molar-refractivity contribution in [3.05, 3.63) is 53.9 Å². The molecule has 1 atom stereocenters. The summed E-state index contributed by atoms with van der Waals surface area (Å²) in [4.78, 5) is 4.20. The van der Waals surface area contributed by atoms with Gasteiger partial charge in [0.05, 0.1) is 13.7 Å². The second kappa shape index (κ2) is 6.91. The standard InChI is InChI=1S/C16H19NO3/c1-3-10-20-13-7-4-6-12(11-13)16(18)15-14(19-2)8-5-9-17-15/h4-9,11,16,18H,3,10H2,1-2H3. The van der Waals surface area contributed by atoms with Crippen LogP contribution in [0, 0.1) is 0 Å². The van der Waals surface area contributed by atoms with Crippen LogP contribution in [-0.2, 0) is 0 Å². The van der Waals surface area contributed by atoms with E-state index in [9.17, 15) is 5.11 Å². The zero-order valence-corrected chi connectivity index (χ0v) is 11.7. The Hall–Kier alpha value is -2.07. The number of pyridine rings is 1. The van der Waals surface area contributed by atoms with Gasteiger partial charge in [-0.2, -0.15) is 0 Å². The highest BCUT2D eigenvalue weighted by Crippen LogP contribution is 2.29. The molecule has 1 N–H and O–H groups in total. The summed E-state index contributed by atoms with van der Waals surface area (Å²) in [5.74, 6) is 1.32. The summed E-state index contributed by atoms with van der Waals surface area (Å²) in [5, 5.41) is 10.5. The predicted molar refractivity (Wildman–Crippen MR) is 77.1 cm³/mol. The van der Waals surface area contributed by atoms with Crippen molar-refractivity contribution in [1.82, 2.24) is 4.98 Å². The average Bonchev–Trinajstić information content (AvgIpc) is 2.52. The van der Waals surface area contributed by atoms with E-state index in [0.717, 1.165) is 17.7 Å². The maximum Gasteiger partial charge on any atom is 0.143 e. The molecule has 4 nitrogen and oxygen atoms in total. The zero-order chi connectivity index (χ0) is 14.4. The Bertz CT molecular complexity index is 557. The number of hydrogen-bond donors (Lipinski definition) is 1. The van der Waals surface area contributed by atoms with Crippen LogP contribution in [-0.4, -0.2) is 23.8 Å². The number of nitrogens with zero attached hydrogens (tertiary/aromatic N) is 1. The summed E-state index contributed by atoms with van der Waals surface area (Å²) in [7, 11) is 1.56. The molecule has 1 aromatic heterocycles. The highest BCUT2D eigenvalue weighted by atomic mass is 16.5. The van der Waals surface area contributed by atoms with Crippen LogP contribution < -0.4 is 9.47 Å². The van der Waals surface area contributed by atoms with E-state index in [2.05, 4.69) is 11.9 Å². The van der Waals surface area contributed by atoms with Crippen molar-refractivity contribution in [1.29, 1.82) is 0 Å². The summed E-state index contributed by atoms with van der Waals surface area (Å²) < 4.78 is 10.8. The number of methoxy groups -OCH3 is 1. The number of benzene rings is 1. The van der Waals surface area contributed by atoms with Gasteiger partial charge in [0, 0.05) is 6.20 Å². The molecule has 0 aliphatic heterocycles. The molecule has 0 saturated carbocycles. The fourth-order valence-corrected chi connectivity index (χ4v) is 1.93. The summed E-state index contributed by atoms with van der Waals surface area (Å²) >= 11 is 0. The second-order valence-corrected chi connectivity index (χ2v) is 4.41. The van der Waals surface area contributed by atoms with Crippen LogP contribution in [0.15, 0.2) is 42.6 Å². The van der Waals surface area contributed by atoms with Crippen LogP contribution in [0.3, 0.4) is 0 Å². The van der Waals surface area contributed by atoms with E-state index in [1.807, 2.05) is 24.3 Å². The van der Waals surface area contributed by atoms with E-state index >= 15 is 0 Å². The molecule has 1 unspecified atom stereocenters. The number of rotatable bonds is 6. The van der Waals surface area contributed by atoms with Gasteiger partial charge in [-0.15, -0.1) is 0 Å². The van der Waals surface area contributed by atoms with Crippen LogP contribution >= 0.6 is 0 Å². The SMILES string of the molecule is CCCOc1cccc(C(O)c2ncccc2OC)c1. The summed E-state index contributed by atoms with van der Waals surface area (Å²) in [5.41, 5.74) is 1.23. The van der Waals surface area contributed by atoms with Crippen molar-refractivity contribution in [2.75, 3.05) is 13.7 Å². The lowest BCUT2D eigenvalue weighted by Crippen LogP contribution is -2.05. The smallest absolute Gasteiger partial charge is 0.143 e. The maximum absolute atomic E-state index is 10.5. The first kappa shape index (κ1) is 14.3. The molecule has 4 heteroatoms. The third kappa shape index (κ3) is 3.27. The molecule has 0 aliphatic carbocycles. The molecule has 0 aliphatic rings. The van der Waals surface area contributed by atoms with Crippen molar-refractivity contribution in [3.8, 4) is 11.5 Å². The normalized spacial score (nSPS) is 11.9. The Morgan fingerprint density at radius 2 is 2.10 bits per heavy atom. The van der Waals surface area contributed by atoms with E-state index in [0.29, 0.717) is 18.1 Å². The van der Waals surface area contributed by atoms with Crippen LogP contribution in [0.5, 0.6) is 11.5 Å². The monoisotopic (exact) mass is 273 g/mol. The summed E-state index contributed by atoms with van der Waals surface area (Å²) in [6.45, 7) is 2.71. The summed E-state index contributed by atoms with van der Waals surface area (Å²) in [6.07, 6.45) is 1.75. The second-order valence-electron chi connectivity index (χ2n) is 4.41. The van der Waals surface area contributed by atoms with Gasteiger partial charge in [0.2, 0.25) is 0 Å². The van der Waals surface area contributed by atoms with Crippen molar-refractivity contribution in [2.45, 2.75) is 19.4 Å². The van der Waals surface area contributed by atoms with E-state index in [-0.39, 0.29) is 0 Å². The molecule has 106 valence electrons. The summed E-state index contributed by atoms with van der Waals surface area (Å²) in [6, 6.07) is 11.0. The number of aliphatic hydroxyl groups excluding tert-OH is 1. The Labute approximate surface area is 119 Å². The van der Waals surface area contributed by atoms with E-state index in [1.54, 1.807) is 25.4 Å². The van der Waals surface area contributed by atoms with Gasteiger partial charge in [-0.3, -0.25) is 4.98 Å². The number of hydrogen-bond acceptors (Lipinski definition) is 4. The lowest BCUT2D eigenvalue weighted by Gasteiger charge is -2.15. The first-order chi connectivity index (χ1) is 9.76. The third-order valence-electron chi connectivity index (χ3n) is 2.93. The molecule has 0 bridgehead atoms. The highest BCUT2D eigenvalue weighted by molar-refractivity contribution is 5.38. The van der Waals surface area contributed by atoms with Crippen molar-refractivity contribution in [3.63, 3.8) is 0 Å². The lowest BCUT2D eigenvalue weighted by atomic mass is 10.1. The number of aromatic nitrogens is 1. The maximum atomic E-state index is 10.5. The molecule has 20 heavy (non-hydrogen) atoms. The topological polar surface area (TPSA) is 51.6 Å². The molecule has 0 fully saturated rings. The van der Waals surface area contributed by atoms with Gasteiger partial charge in [-0.05, 0) is 36.2 Å². The van der Waals surface area contributed by atoms with E-state index in [1.165, 1.54) is 0 Å². The van der Waals surface area contributed by atoms with Gasteiger partial charge in [0.15, 0.2) is 0 Å². The van der Waals surface area contributed by atoms with Crippen LogP contribution in [0.25, 0.3) is 0 Å². The molecular formula is C16H19NO3. The highest BCUT2D eigenvalue weighted by Gasteiger charge is 2.17. The Kier molecular flexibility index (Phi) is 4.96. The van der Waals surface area contributed by atoms with E-state index in [4.69, 9.17) is 9.47 Å². The third-order valence-corrected chi connectivity index (χ3v) is 2.93. The molecule has 2 aromatic rings. The minimum atomic E-state index is -0.837. The minimum absolute atomic E-state index is 0.502. The molecule has 1 aromatic carbocycles. The molecule has 0 radical (unpaired) electrons. The fraction of sp³-hybridized carbons (Fsp3) is 0.312. The van der Waals surface area contributed by atoms with Gasteiger partial charge >= 0.3 is 0 Å². The molecule has 2 rings (SSSR count). The largest absolute Gasteiger partial charge is 0.495 e.